The molecule has 3 heteroatoms. The van der Waals surface area contributed by atoms with Crippen LogP contribution < -0.4 is 5.32 Å². The Kier molecular flexibility index (Phi) is 10.8. The molecule has 174 valence electrons. The third-order valence-electron chi connectivity index (χ3n) is 6.55. The number of carbonyl (C=O) groups is 1. The number of aliphatic imine (C=N–C) groups is 1. The van der Waals surface area contributed by atoms with E-state index in [0.29, 0.717) is 5.92 Å². The molecule has 2 rings (SSSR count). The second-order valence-electron chi connectivity index (χ2n) is 9.08. The highest BCUT2D eigenvalue weighted by atomic mass is 16.1. The molecule has 1 aromatic carbocycles. The third kappa shape index (κ3) is 8.02. The molecule has 0 bridgehead atoms. The van der Waals surface area contributed by atoms with Crippen LogP contribution in [0.3, 0.4) is 0 Å². The lowest BCUT2D eigenvalue weighted by molar-refractivity contribution is -0.112. The minimum Gasteiger partial charge on any atom is -0.317 e. The lowest BCUT2D eigenvalue weighted by atomic mass is 9.90. The normalized spacial score (nSPS) is 17.8. The molecular formula is C29H42N2O. The van der Waals surface area contributed by atoms with Crippen molar-refractivity contribution in [1.82, 2.24) is 5.32 Å². The topological polar surface area (TPSA) is 41.5 Å². The molecule has 0 aliphatic carbocycles. The van der Waals surface area contributed by atoms with E-state index in [1.165, 1.54) is 29.5 Å². The van der Waals surface area contributed by atoms with Crippen LogP contribution in [0.5, 0.6) is 0 Å². The predicted molar refractivity (Wildman–Crippen MR) is 139 cm³/mol. The predicted octanol–water partition coefficient (Wildman–Crippen LogP) is 6.87. The Balaban J connectivity index is 2.37. The number of allylic oxidation sites excluding steroid dienone is 5. The summed E-state index contributed by atoms with van der Waals surface area (Å²) in [5.74, 6) is 1.09. The smallest absolute Gasteiger partial charge is 0.154 e. The summed E-state index contributed by atoms with van der Waals surface area (Å²) in [7, 11) is 0. The second-order valence-corrected chi connectivity index (χ2v) is 9.08. The van der Waals surface area contributed by atoms with Gasteiger partial charge >= 0.3 is 0 Å². The number of hydrogen-bond acceptors (Lipinski definition) is 3. The molecule has 32 heavy (non-hydrogen) atoms. The third-order valence-corrected chi connectivity index (χ3v) is 6.55. The molecule has 1 atom stereocenters. The van der Waals surface area contributed by atoms with Crippen molar-refractivity contribution in [2.45, 2.75) is 73.6 Å². The van der Waals surface area contributed by atoms with Crippen LogP contribution in [0.25, 0.3) is 5.70 Å². The van der Waals surface area contributed by atoms with Gasteiger partial charge in [-0.2, -0.15) is 0 Å². The number of ketones is 1. The fourth-order valence-electron chi connectivity index (χ4n) is 4.14. The van der Waals surface area contributed by atoms with Crippen LogP contribution in [-0.4, -0.2) is 24.6 Å². The fourth-order valence-corrected chi connectivity index (χ4v) is 4.14. The Morgan fingerprint density at radius 2 is 1.94 bits per heavy atom. The van der Waals surface area contributed by atoms with Crippen LogP contribution in [-0.2, 0) is 11.2 Å². The summed E-state index contributed by atoms with van der Waals surface area (Å²) in [6.07, 6.45) is 13.9. The molecule has 1 N–H and O–H groups in total. The van der Waals surface area contributed by atoms with Gasteiger partial charge < -0.3 is 5.32 Å². The average molecular weight is 435 g/mol. The van der Waals surface area contributed by atoms with Crippen LogP contribution in [0.2, 0.25) is 0 Å². The molecule has 0 aromatic heterocycles. The summed E-state index contributed by atoms with van der Waals surface area (Å²) in [6.45, 7) is 14.7. The van der Waals surface area contributed by atoms with Gasteiger partial charge in [-0.05, 0) is 101 Å². The van der Waals surface area contributed by atoms with Crippen molar-refractivity contribution in [2.75, 3.05) is 13.1 Å². The number of piperidine rings is 1. The van der Waals surface area contributed by atoms with Gasteiger partial charge in [0.25, 0.3) is 0 Å². The Bertz CT molecular complexity index is 882. The van der Waals surface area contributed by atoms with E-state index >= 15 is 0 Å². The van der Waals surface area contributed by atoms with Gasteiger partial charge in [0.2, 0.25) is 0 Å². The van der Waals surface area contributed by atoms with Gasteiger partial charge in [-0.3, -0.25) is 9.79 Å². The van der Waals surface area contributed by atoms with Crippen molar-refractivity contribution in [3.8, 4) is 0 Å². The van der Waals surface area contributed by atoms with Crippen molar-refractivity contribution in [3.63, 3.8) is 0 Å². The SMILES string of the molecule is C\C=C(/C=C\C(=N\C(=C/C(C)=O)c1ccc(C)c(CC)c1)C(C)CC)CC1CCNCC1. The first kappa shape index (κ1) is 26.0. The van der Waals surface area contributed by atoms with Crippen LogP contribution in [0.1, 0.15) is 77.0 Å². The number of aryl methyl sites for hydroxylation is 2. The summed E-state index contributed by atoms with van der Waals surface area (Å²) in [5, 5.41) is 3.45. The number of hydrogen-bond donors (Lipinski definition) is 1. The Morgan fingerprint density at radius 1 is 1.22 bits per heavy atom. The molecule has 0 spiro atoms. The molecule has 1 saturated heterocycles. The van der Waals surface area contributed by atoms with Crippen molar-refractivity contribution in [1.29, 1.82) is 0 Å². The fraction of sp³-hybridized carbons (Fsp3) is 0.517. The summed E-state index contributed by atoms with van der Waals surface area (Å²) < 4.78 is 0. The van der Waals surface area contributed by atoms with Crippen LogP contribution in [0.4, 0.5) is 0 Å². The lowest BCUT2D eigenvalue weighted by Crippen LogP contribution is -2.27. The summed E-state index contributed by atoms with van der Waals surface area (Å²) in [5.41, 5.74) is 6.74. The minimum atomic E-state index is 0.0231. The quantitative estimate of drug-likeness (QED) is 0.248. The summed E-state index contributed by atoms with van der Waals surface area (Å²) in [6, 6.07) is 6.40. The zero-order valence-corrected chi connectivity index (χ0v) is 21.0. The molecule has 1 fully saturated rings. The van der Waals surface area contributed by atoms with Gasteiger partial charge in [0, 0.05) is 17.4 Å². The molecule has 1 unspecified atom stereocenters. The highest BCUT2D eigenvalue weighted by Gasteiger charge is 2.14. The van der Waals surface area contributed by atoms with Crippen LogP contribution in [0.15, 0.2) is 53.1 Å². The standard InChI is InChI=1S/C29H42N2O/c1-7-21(4)28(13-11-24(8-2)19-25-14-16-30-17-15-25)31-29(18-23(6)32)27-12-10-22(5)26(9-3)20-27/h8,10-13,18,20-21,25,30H,7,9,14-17,19H2,1-6H3/b13-11-,24-8+,29-18-,31-28-. The van der Waals surface area contributed by atoms with E-state index in [4.69, 9.17) is 4.99 Å². The molecule has 0 radical (unpaired) electrons. The number of rotatable bonds is 10. The monoisotopic (exact) mass is 434 g/mol. The van der Waals surface area contributed by atoms with Crippen molar-refractivity contribution < 1.29 is 4.79 Å². The zero-order chi connectivity index (χ0) is 23.5. The van der Waals surface area contributed by atoms with E-state index in [-0.39, 0.29) is 5.78 Å². The first-order valence-corrected chi connectivity index (χ1v) is 12.3. The van der Waals surface area contributed by atoms with E-state index < -0.39 is 0 Å². The Labute approximate surface area is 195 Å². The Morgan fingerprint density at radius 3 is 2.53 bits per heavy atom. The maximum Gasteiger partial charge on any atom is 0.154 e. The second kappa shape index (κ2) is 13.3. The van der Waals surface area contributed by atoms with Gasteiger partial charge in [0.15, 0.2) is 5.78 Å². The van der Waals surface area contributed by atoms with Gasteiger partial charge in [-0.1, -0.05) is 50.6 Å². The van der Waals surface area contributed by atoms with E-state index in [9.17, 15) is 4.79 Å². The van der Waals surface area contributed by atoms with Gasteiger partial charge in [-0.15, -0.1) is 0 Å². The average Bonchev–Trinajstić information content (AvgIpc) is 2.80. The van der Waals surface area contributed by atoms with Crippen LogP contribution in [0, 0.1) is 18.8 Å². The minimum absolute atomic E-state index is 0.0231. The van der Waals surface area contributed by atoms with E-state index in [0.717, 1.165) is 55.2 Å². The first-order valence-electron chi connectivity index (χ1n) is 12.3. The zero-order valence-electron chi connectivity index (χ0n) is 21.0. The molecule has 1 aliphatic heterocycles. The lowest BCUT2D eigenvalue weighted by Gasteiger charge is -2.23. The molecule has 0 saturated carbocycles. The van der Waals surface area contributed by atoms with Crippen molar-refractivity contribution in [2.24, 2.45) is 16.8 Å². The van der Waals surface area contributed by atoms with Crippen molar-refractivity contribution >= 4 is 17.2 Å². The largest absolute Gasteiger partial charge is 0.317 e. The van der Waals surface area contributed by atoms with E-state index in [2.05, 4.69) is 76.4 Å². The molecule has 3 nitrogen and oxygen atoms in total. The molecular weight excluding hydrogens is 392 g/mol. The molecule has 1 aromatic rings. The number of nitrogens with zero attached hydrogens (tertiary/aromatic N) is 1. The summed E-state index contributed by atoms with van der Waals surface area (Å²) in [4.78, 5) is 17.1. The number of carbonyl (C=O) groups excluding carboxylic acids is 1. The van der Waals surface area contributed by atoms with Gasteiger partial charge in [0.05, 0.1) is 5.70 Å². The van der Waals surface area contributed by atoms with Gasteiger partial charge in [-0.25, -0.2) is 0 Å². The molecule has 1 heterocycles. The Hall–Kier alpha value is -2.26. The maximum absolute atomic E-state index is 12.0. The first-order chi connectivity index (χ1) is 15.4. The highest BCUT2D eigenvalue weighted by molar-refractivity contribution is 6.03. The van der Waals surface area contributed by atoms with E-state index in [1.807, 2.05) is 0 Å². The highest BCUT2D eigenvalue weighted by Crippen LogP contribution is 2.24. The molecule has 1 aliphatic rings. The molecule has 0 amide bonds. The number of nitrogens with one attached hydrogen (secondary N) is 1. The van der Waals surface area contributed by atoms with Gasteiger partial charge in [0.1, 0.15) is 0 Å². The van der Waals surface area contributed by atoms with Crippen LogP contribution >= 0.6 is 0 Å². The number of benzene rings is 1. The van der Waals surface area contributed by atoms with E-state index in [1.54, 1.807) is 13.0 Å². The summed E-state index contributed by atoms with van der Waals surface area (Å²) >= 11 is 0. The maximum atomic E-state index is 12.0. The van der Waals surface area contributed by atoms with Crippen molar-refractivity contribution in [3.05, 3.63) is 64.8 Å².